The van der Waals surface area contributed by atoms with Gasteiger partial charge in [-0.05, 0) is 24.7 Å². The van der Waals surface area contributed by atoms with Crippen molar-refractivity contribution in [2.45, 2.75) is 32.3 Å². The molecule has 0 radical (unpaired) electrons. The fraction of sp³-hybridized carbons (Fsp3) is 0.600. The van der Waals surface area contributed by atoms with Crippen LogP contribution < -0.4 is 0 Å². The molecule has 4 heteroatoms. The maximum absolute atomic E-state index is 11.8. The van der Waals surface area contributed by atoms with E-state index in [-0.39, 0.29) is 18.4 Å². The molecule has 2 aliphatic carbocycles. The van der Waals surface area contributed by atoms with Gasteiger partial charge in [-0.3, -0.25) is 0 Å². The fourth-order valence-corrected chi connectivity index (χ4v) is 3.18. The molecule has 2 rings (SSSR count). The van der Waals surface area contributed by atoms with Gasteiger partial charge in [0.15, 0.2) is 6.61 Å². The summed E-state index contributed by atoms with van der Waals surface area (Å²) in [6.07, 6.45) is 7.31. The Morgan fingerprint density at radius 1 is 1.47 bits per heavy atom. The summed E-state index contributed by atoms with van der Waals surface area (Å²) >= 11 is 0. The molecule has 0 aromatic heterocycles. The van der Waals surface area contributed by atoms with Crippen LogP contribution in [0.5, 0.6) is 0 Å². The van der Waals surface area contributed by atoms with Crippen molar-refractivity contribution < 1.29 is 19.1 Å². The molecule has 19 heavy (non-hydrogen) atoms. The molecule has 0 spiro atoms. The number of carbonyl (C=O) groups is 2. The second kappa shape index (κ2) is 5.19. The highest BCUT2D eigenvalue weighted by Gasteiger charge is 2.53. The summed E-state index contributed by atoms with van der Waals surface area (Å²) in [5.41, 5.74) is -0.433. The van der Waals surface area contributed by atoms with Gasteiger partial charge in [-0.15, -0.1) is 0 Å². The Kier molecular flexibility index (Phi) is 3.78. The van der Waals surface area contributed by atoms with E-state index in [4.69, 9.17) is 9.47 Å². The molecule has 0 aromatic carbocycles. The summed E-state index contributed by atoms with van der Waals surface area (Å²) in [6.45, 7) is 7.07. The average molecular weight is 264 g/mol. The van der Waals surface area contributed by atoms with Crippen LogP contribution in [0.1, 0.15) is 26.7 Å². The molecule has 0 saturated heterocycles. The van der Waals surface area contributed by atoms with E-state index in [2.05, 4.69) is 32.6 Å². The molecule has 1 fully saturated rings. The highest BCUT2D eigenvalue weighted by molar-refractivity contribution is 5.83. The van der Waals surface area contributed by atoms with Crippen molar-refractivity contribution in [2.24, 2.45) is 17.8 Å². The van der Waals surface area contributed by atoms with Crippen molar-refractivity contribution in [1.82, 2.24) is 0 Å². The largest absolute Gasteiger partial charge is 0.456 e. The number of rotatable bonds is 5. The van der Waals surface area contributed by atoms with E-state index in [1.807, 2.05) is 0 Å². The maximum atomic E-state index is 11.8. The molecular weight excluding hydrogens is 244 g/mol. The first-order valence-corrected chi connectivity index (χ1v) is 6.67. The minimum atomic E-state index is -0.608. The summed E-state index contributed by atoms with van der Waals surface area (Å²) in [6, 6.07) is 0. The standard InChI is InChI=1S/C15H20O4/c1-4-13(16)18-9-14(17)19-15(10(2)3)8-11-5-6-12(15)7-11/h4-6,10-12H,1,7-9H2,2-3H3. The van der Waals surface area contributed by atoms with Gasteiger partial charge < -0.3 is 9.47 Å². The van der Waals surface area contributed by atoms with Crippen molar-refractivity contribution in [2.75, 3.05) is 6.61 Å². The number of esters is 2. The first-order chi connectivity index (χ1) is 8.98. The zero-order chi connectivity index (χ0) is 14.0. The lowest BCUT2D eigenvalue weighted by molar-refractivity contribution is -0.176. The van der Waals surface area contributed by atoms with Crippen LogP contribution in [-0.2, 0) is 19.1 Å². The Morgan fingerprint density at radius 3 is 2.68 bits per heavy atom. The molecule has 0 heterocycles. The van der Waals surface area contributed by atoms with Gasteiger partial charge in [0, 0.05) is 12.0 Å². The highest BCUT2D eigenvalue weighted by atomic mass is 16.6. The van der Waals surface area contributed by atoms with E-state index in [0.29, 0.717) is 5.92 Å². The zero-order valence-corrected chi connectivity index (χ0v) is 11.4. The fourth-order valence-electron chi connectivity index (χ4n) is 3.18. The van der Waals surface area contributed by atoms with Crippen molar-refractivity contribution >= 4 is 11.9 Å². The number of carbonyl (C=O) groups excluding carboxylic acids is 2. The first-order valence-electron chi connectivity index (χ1n) is 6.67. The number of ether oxygens (including phenoxy) is 2. The lowest BCUT2D eigenvalue weighted by Gasteiger charge is -2.38. The van der Waals surface area contributed by atoms with Crippen LogP contribution in [0.15, 0.2) is 24.8 Å². The maximum Gasteiger partial charge on any atom is 0.344 e. The molecule has 2 aliphatic rings. The summed E-state index contributed by atoms with van der Waals surface area (Å²) in [5.74, 6) is -0.0489. The highest BCUT2D eigenvalue weighted by Crippen LogP contribution is 2.52. The smallest absolute Gasteiger partial charge is 0.344 e. The SMILES string of the molecule is C=CC(=O)OCC(=O)OC1(C(C)C)CC2C=CC1C2. The molecule has 104 valence electrons. The second-order valence-electron chi connectivity index (χ2n) is 5.59. The quantitative estimate of drug-likeness (QED) is 0.434. The van der Waals surface area contributed by atoms with Crippen molar-refractivity contribution in [3.05, 3.63) is 24.8 Å². The molecule has 1 saturated carbocycles. The number of hydrogen-bond acceptors (Lipinski definition) is 4. The molecule has 3 atom stereocenters. The van der Waals surface area contributed by atoms with Gasteiger partial charge in [0.2, 0.25) is 0 Å². The monoisotopic (exact) mass is 264 g/mol. The van der Waals surface area contributed by atoms with Gasteiger partial charge in [-0.1, -0.05) is 32.6 Å². The normalized spacial score (nSPS) is 31.5. The van der Waals surface area contributed by atoms with Crippen LogP contribution in [0.2, 0.25) is 0 Å². The Hall–Kier alpha value is -1.58. The minimum Gasteiger partial charge on any atom is -0.456 e. The van der Waals surface area contributed by atoms with Gasteiger partial charge in [-0.25, -0.2) is 9.59 Å². The van der Waals surface area contributed by atoms with Gasteiger partial charge in [0.1, 0.15) is 5.60 Å². The van der Waals surface area contributed by atoms with E-state index in [9.17, 15) is 9.59 Å². The molecule has 0 amide bonds. The summed E-state index contributed by atoms with van der Waals surface area (Å²) in [5, 5.41) is 0. The third-order valence-corrected chi connectivity index (χ3v) is 4.16. The Bertz CT molecular complexity index is 424. The topological polar surface area (TPSA) is 52.6 Å². The average Bonchev–Trinajstić information content (AvgIpc) is 2.96. The Balaban J connectivity index is 1.99. The van der Waals surface area contributed by atoms with Crippen LogP contribution in [0.3, 0.4) is 0 Å². The molecule has 0 N–H and O–H groups in total. The molecule has 4 nitrogen and oxygen atoms in total. The Labute approximate surface area is 113 Å². The Morgan fingerprint density at radius 2 is 2.21 bits per heavy atom. The molecule has 0 aromatic rings. The predicted molar refractivity (Wildman–Crippen MR) is 70.2 cm³/mol. The van der Waals surface area contributed by atoms with E-state index in [1.165, 1.54) is 0 Å². The third-order valence-electron chi connectivity index (χ3n) is 4.16. The van der Waals surface area contributed by atoms with Crippen LogP contribution >= 0.6 is 0 Å². The first kappa shape index (κ1) is 13.8. The van der Waals surface area contributed by atoms with Crippen LogP contribution in [0.4, 0.5) is 0 Å². The minimum absolute atomic E-state index is 0.242. The van der Waals surface area contributed by atoms with E-state index >= 15 is 0 Å². The lowest BCUT2D eigenvalue weighted by Crippen LogP contribution is -2.45. The van der Waals surface area contributed by atoms with Crippen LogP contribution in [0.25, 0.3) is 0 Å². The molecule has 3 unspecified atom stereocenters. The molecular formula is C15H20O4. The van der Waals surface area contributed by atoms with Crippen molar-refractivity contribution in [3.63, 3.8) is 0 Å². The number of hydrogen-bond donors (Lipinski definition) is 0. The number of fused-ring (bicyclic) bond motifs is 2. The summed E-state index contributed by atoms with van der Waals surface area (Å²) in [4.78, 5) is 22.8. The summed E-state index contributed by atoms with van der Waals surface area (Å²) in [7, 11) is 0. The van der Waals surface area contributed by atoms with Crippen molar-refractivity contribution in [3.8, 4) is 0 Å². The molecule has 0 aliphatic heterocycles. The van der Waals surface area contributed by atoms with E-state index in [0.717, 1.165) is 18.9 Å². The molecule has 2 bridgehead atoms. The van der Waals surface area contributed by atoms with Crippen LogP contribution in [-0.4, -0.2) is 24.1 Å². The van der Waals surface area contributed by atoms with Gasteiger partial charge >= 0.3 is 11.9 Å². The van der Waals surface area contributed by atoms with Crippen molar-refractivity contribution in [1.29, 1.82) is 0 Å². The summed E-state index contributed by atoms with van der Waals surface area (Å²) < 4.78 is 10.4. The number of allylic oxidation sites excluding steroid dienone is 1. The predicted octanol–water partition coefficient (Wildman–Crippen LogP) is 2.25. The van der Waals surface area contributed by atoms with E-state index in [1.54, 1.807) is 0 Å². The van der Waals surface area contributed by atoms with E-state index < -0.39 is 17.5 Å². The van der Waals surface area contributed by atoms with Gasteiger partial charge in [-0.2, -0.15) is 0 Å². The lowest BCUT2D eigenvalue weighted by atomic mass is 9.79. The van der Waals surface area contributed by atoms with Crippen LogP contribution in [0, 0.1) is 17.8 Å². The third kappa shape index (κ3) is 2.57. The second-order valence-corrected chi connectivity index (χ2v) is 5.59. The van der Waals surface area contributed by atoms with Gasteiger partial charge in [0.05, 0.1) is 0 Å². The zero-order valence-electron chi connectivity index (χ0n) is 11.4. The van der Waals surface area contributed by atoms with Gasteiger partial charge in [0.25, 0.3) is 0 Å².